The second-order valence-corrected chi connectivity index (χ2v) is 5.53. The summed E-state index contributed by atoms with van der Waals surface area (Å²) in [4.78, 5) is 6.78. The molecule has 3 nitrogen and oxygen atoms in total. The average Bonchev–Trinajstić information content (AvgIpc) is 3.04. The Balaban J connectivity index is 0.000000292. The molecule has 2 heterocycles. The Morgan fingerprint density at radius 2 is 1.75 bits per heavy atom. The first-order chi connectivity index (χ1) is 11.5. The van der Waals surface area contributed by atoms with Gasteiger partial charge in [0, 0.05) is 24.3 Å². The highest BCUT2D eigenvalue weighted by atomic mass is 32.2. The maximum atomic E-state index is 12.5. The number of nitrogens with zero attached hydrogens (tertiary/aromatic N) is 1. The molecular formula is C17H16F3N3S. The van der Waals surface area contributed by atoms with Crippen molar-refractivity contribution in [3.05, 3.63) is 72.7 Å². The average molecular weight is 351 g/mol. The smallest absolute Gasteiger partial charge is 0.354 e. The van der Waals surface area contributed by atoms with Gasteiger partial charge < -0.3 is 10.3 Å². The maximum Gasteiger partial charge on any atom is 0.416 e. The van der Waals surface area contributed by atoms with Crippen molar-refractivity contribution >= 4 is 23.1 Å². The molecule has 7 heteroatoms. The number of thioether (sulfide) groups is 1. The molecule has 24 heavy (non-hydrogen) atoms. The minimum atomic E-state index is -4.32. The van der Waals surface area contributed by atoms with Gasteiger partial charge in [0.25, 0.3) is 0 Å². The number of anilines is 2. The van der Waals surface area contributed by atoms with Crippen molar-refractivity contribution in [1.29, 1.82) is 0 Å². The highest BCUT2D eigenvalue weighted by Gasteiger charge is 2.30. The summed E-state index contributed by atoms with van der Waals surface area (Å²) in [5, 5.41) is 3.88. The van der Waals surface area contributed by atoms with Crippen LogP contribution in [0.2, 0.25) is 0 Å². The quantitative estimate of drug-likeness (QED) is 0.605. The number of aromatic amines is 1. The molecule has 0 saturated heterocycles. The van der Waals surface area contributed by atoms with E-state index in [9.17, 15) is 13.2 Å². The van der Waals surface area contributed by atoms with Crippen molar-refractivity contribution in [3.63, 3.8) is 0 Å². The zero-order chi connectivity index (χ0) is 17.4. The second-order valence-electron chi connectivity index (χ2n) is 4.68. The van der Waals surface area contributed by atoms with Crippen LogP contribution in [0.1, 0.15) is 5.56 Å². The SMILES string of the molecule is CSc1cc(Nc2cccc(C(F)(F)F)c2)c[nH]1.c1ccncc1. The van der Waals surface area contributed by atoms with E-state index in [2.05, 4.69) is 15.3 Å². The Labute approximate surface area is 142 Å². The Hall–Kier alpha value is -2.41. The third-order valence-corrected chi connectivity index (χ3v) is 3.60. The number of aromatic nitrogens is 2. The summed E-state index contributed by atoms with van der Waals surface area (Å²) in [6, 6.07) is 12.7. The lowest BCUT2D eigenvalue weighted by Crippen LogP contribution is -2.05. The van der Waals surface area contributed by atoms with Gasteiger partial charge in [0.05, 0.1) is 16.3 Å². The number of nitrogens with one attached hydrogen (secondary N) is 2. The largest absolute Gasteiger partial charge is 0.416 e. The van der Waals surface area contributed by atoms with E-state index in [0.29, 0.717) is 5.69 Å². The molecule has 0 unspecified atom stereocenters. The Kier molecular flexibility index (Phi) is 6.31. The predicted molar refractivity (Wildman–Crippen MR) is 91.5 cm³/mol. The number of rotatable bonds is 3. The molecule has 3 aromatic rings. The van der Waals surface area contributed by atoms with E-state index in [4.69, 9.17) is 0 Å². The Morgan fingerprint density at radius 3 is 2.25 bits per heavy atom. The summed E-state index contributed by atoms with van der Waals surface area (Å²) < 4.78 is 37.6. The third kappa shape index (κ3) is 5.66. The molecule has 0 fully saturated rings. The van der Waals surface area contributed by atoms with Gasteiger partial charge in [-0.3, -0.25) is 4.98 Å². The minimum absolute atomic E-state index is 0.413. The van der Waals surface area contributed by atoms with Crippen LogP contribution < -0.4 is 5.32 Å². The zero-order valence-electron chi connectivity index (χ0n) is 12.8. The number of hydrogen-bond donors (Lipinski definition) is 2. The van der Waals surface area contributed by atoms with E-state index >= 15 is 0 Å². The Bertz CT molecular complexity index is 715. The maximum absolute atomic E-state index is 12.5. The van der Waals surface area contributed by atoms with Crippen molar-refractivity contribution in [2.75, 3.05) is 11.6 Å². The standard InChI is InChI=1S/C12H11F3N2S.C5H5N/c1-18-11-6-10(7-16-11)17-9-4-2-3-8(5-9)12(13,14)15;1-2-4-6-5-3-1/h2-7,16-17H,1H3;1-5H. The number of pyridine rings is 1. The molecule has 0 aliphatic carbocycles. The van der Waals surface area contributed by atoms with E-state index in [0.717, 1.165) is 22.8 Å². The first-order valence-electron chi connectivity index (χ1n) is 7.01. The lowest BCUT2D eigenvalue weighted by molar-refractivity contribution is -0.137. The number of H-pyrrole nitrogens is 1. The van der Waals surface area contributed by atoms with Gasteiger partial charge in [-0.15, -0.1) is 11.8 Å². The van der Waals surface area contributed by atoms with Crippen molar-refractivity contribution in [2.24, 2.45) is 0 Å². The first kappa shape index (κ1) is 17.9. The fraction of sp³-hybridized carbons (Fsp3) is 0.118. The fourth-order valence-electron chi connectivity index (χ4n) is 1.82. The summed E-state index contributed by atoms with van der Waals surface area (Å²) in [6.45, 7) is 0. The molecule has 0 amide bonds. The summed E-state index contributed by atoms with van der Waals surface area (Å²) >= 11 is 1.53. The second kappa shape index (κ2) is 8.44. The van der Waals surface area contributed by atoms with Crippen molar-refractivity contribution in [1.82, 2.24) is 9.97 Å². The van der Waals surface area contributed by atoms with Crippen LogP contribution in [0.3, 0.4) is 0 Å². The lowest BCUT2D eigenvalue weighted by Gasteiger charge is -2.09. The van der Waals surface area contributed by atoms with E-state index in [1.807, 2.05) is 30.5 Å². The molecule has 0 spiro atoms. The van der Waals surface area contributed by atoms with Gasteiger partial charge in [-0.25, -0.2) is 0 Å². The number of benzene rings is 1. The van der Waals surface area contributed by atoms with Gasteiger partial charge in [-0.1, -0.05) is 12.1 Å². The number of halogens is 3. The molecule has 0 radical (unpaired) electrons. The van der Waals surface area contributed by atoms with Gasteiger partial charge in [0.2, 0.25) is 0 Å². The van der Waals surface area contributed by atoms with Crippen molar-refractivity contribution in [2.45, 2.75) is 11.2 Å². The van der Waals surface area contributed by atoms with Gasteiger partial charge in [-0.2, -0.15) is 13.2 Å². The molecule has 0 bridgehead atoms. The summed E-state index contributed by atoms with van der Waals surface area (Å²) in [7, 11) is 0. The van der Waals surface area contributed by atoms with E-state index in [1.165, 1.54) is 17.8 Å². The molecule has 2 N–H and O–H groups in total. The normalized spacial score (nSPS) is 10.7. The van der Waals surface area contributed by atoms with Gasteiger partial charge in [0.15, 0.2) is 0 Å². The van der Waals surface area contributed by atoms with Crippen LogP contribution in [0.15, 0.2) is 72.1 Å². The highest BCUT2D eigenvalue weighted by Crippen LogP contribution is 2.31. The molecule has 0 aliphatic heterocycles. The van der Waals surface area contributed by atoms with Gasteiger partial charge >= 0.3 is 6.18 Å². The third-order valence-electron chi connectivity index (χ3n) is 2.92. The van der Waals surface area contributed by atoms with E-state index < -0.39 is 11.7 Å². The van der Waals surface area contributed by atoms with Crippen LogP contribution in [0.4, 0.5) is 24.5 Å². The highest BCUT2D eigenvalue weighted by molar-refractivity contribution is 7.98. The van der Waals surface area contributed by atoms with E-state index in [1.54, 1.807) is 24.7 Å². The van der Waals surface area contributed by atoms with Gasteiger partial charge in [0.1, 0.15) is 0 Å². The summed E-state index contributed by atoms with van der Waals surface area (Å²) in [5.41, 5.74) is 0.489. The number of alkyl halides is 3. The molecular weight excluding hydrogens is 335 g/mol. The molecule has 0 aliphatic rings. The topological polar surface area (TPSA) is 40.7 Å². The summed E-state index contributed by atoms with van der Waals surface area (Å²) in [5.74, 6) is 0. The first-order valence-corrected chi connectivity index (χ1v) is 8.23. The molecule has 0 atom stereocenters. The minimum Gasteiger partial charge on any atom is -0.354 e. The zero-order valence-corrected chi connectivity index (χ0v) is 13.7. The Morgan fingerprint density at radius 1 is 1.00 bits per heavy atom. The van der Waals surface area contributed by atoms with Crippen molar-refractivity contribution in [3.8, 4) is 0 Å². The molecule has 2 aromatic heterocycles. The van der Waals surface area contributed by atoms with Crippen LogP contribution >= 0.6 is 11.8 Å². The molecule has 1 aromatic carbocycles. The van der Waals surface area contributed by atoms with E-state index in [-0.39, 0.29) is 0 Å². The summed E-state index contributed by atoms with van der Waals surface area (Å²) in [6.07, 6.45) is 2.81. The van der Waals surface area contributed by atoms with Crippen molar-refractivity contribution < 1.29 is 13.2 Å². The fourth-order valence-corrected chi connectivity index (χ4v) is 2.24. The van der Waals surface area contributed by atoms with Crippen LogP contribution in [0, 0.1) is 0 Å². The van der Waals surface area contributed by atoms with Gasteiger partial charge in [-0.05, 0) is 42.7 Å². The van der Waals surface area contributed by atoms with Crippen LogP contribution in [-0.4, -0.2) is 16.2 Å². The molecule has 0 saturated carbocycles. The lowest BCUT2D eigenvalue weighted by atomic mass is 10.2. The predicted octanol–water partition coefficient (Wildman–Crippen LogP) is 5.58. The molecule has 3 rings (SSSR count). The van der Waals surface area contributed by atoms with Crippen LogP contribution in [0.5, 0.6) is 0 Å². The van der Waals surface area contributed by atoms with Crippen LogP contribution in [0.25, 0.3) is 0 Å². The monoisotopic (exact) mass is 351 g/mol. The van der Waals surface area contributed by atoms with Crippen LogP contribution in [-0.2, 0) is 6.18 Å². The number of hydrogen-bond acceptors (Lipinski definition) is 3. The molecule has 126 valence electrons.